The molecule has 2 aromatic rings. The SMILES string of the molecule is O=S1(=O)CC(O)C(N(CCn2cccn2)Cc2ccco2)C1. The van der Waals surface area contributed by atoms with Gasteiger partial charge in [-0.05, 0) is 18.2 Å². The Hall–Kier alpha value is -1.64. The molecule has 0 radical (unpaired) electrons. The summed E-state index contributed by atoms with van der Waals surface area (Å²) in [6, 6.07) is 5.07. The normalized spacial score (nSPS) is 24.1. The predicted octanol–water partition coefficient (Wildman–Crippen LogP) is 0.136. The van der Waals surface area contributed by atoms with Crippen molar-refractivity contribution in [3.05, 3.63) is 42.6 Å². The Labute approximate surface area is 129 Å². The van der Waals surface area contributed by atoms with Crippen molar-refractivity contribution in [2.75, 3.05) is 18.1 Å². The topological polar surface area (TPSA) is 88.6 Å². The molecule has 0 saturated carbocycles. The average Bonchev–Trinajstić information content (AvgIpc) is 3.16. The maximum atomic E-state index is 11.8. The third-order valence-electron chi connectivity index (χ3n) is 3.88. The summed E-state index contributed by atoms with van der Waals surface area (Å²) in [5, 5.41) is 14.3. The van der Waals surface area contributed by atoms with Crippen LogP contribution in [0.2, 0.25) is 0 Å². The maximum absolute atomic E-state index is 11.8. The van der Waals surface area contributed by atoms with Gasteiger partial charge in [-0.2, -0.15) is 5.10 Å². The van der Waals surface area contributed by atoms with E-state index in [9.17, 15) is 13.5 Å². The second-order valence-electron chi connectivity index (χ2n) is 5.53. The molecule has 120 valence electrons. The predicted molar refractivity (Wildman–Crippen MR) is 79.8 cm³/mol. The van der Waals surface area contributed by atoms with Crippen LogP contribution in [-0.2, 0) is 22.9 Å². The van der Waals surface area contributed by atoms with Gasteiger partial charge in [0.15, 0.2) is 9.84 Å². The zero-order valence-electron chi connectivity index (χ0n) is 12.1. The Morgan fingerprint density at radius 3 is 2.86 bits per heavy atom. The van der Waals surface area contributed by atoms with Gasteiger partial charge in [0, 0.05) is 18.9 Å². The maximum Gasteiger partial charge on any atom is 0.154 e. The third kappa shape index (κ3) is 3.57. The Bertz CT molecular complexity index is 682. The fourth-order valence-corrected chi connectivity index (χ4v) is 4.62. The van der Waals surface area contributed by atoms with Crippen LogP contribution in [0.4, 0.5) is 0 Å². The summed E-state index contributed by atoms with van der Waals surface area (Å²) in [7, 11) is -3.19. The van der Waals surface area contributed by atoms with Crippen LogP contribution in [0.15, 0.2) is 41.3 Å². The molecule has 8 heteroatoms. The zero-order chi connectivity index (χ0) is 15.6. The molecule has 0 spiro atoms. The largest absolute Gasteiger partial charge is 0.468 e. The number of hydrogen-bond donors (Lipinski definition) is 1. The number of aromatic nitrogens is 2. The first-order valence-electron chi connectivity index (χ1n) is 7.16. The first-order chi connectivity index (χ1) is 10.5. The zero-order valence-corrected chi connectivity index (χ0v) is 12.9. The lowest BCUT2D eigenvalue weighted by Crippen LogP contribution is -2.44. The second kappa shape index (κ2) is 6.23. The molecule has 22 heavy (non-hydrogen) atoms. The van der Waals surface area contributed by atoms with E-state index in [1.807, 2.05) is 23.2 Å². The summed E-state index contributed by atoms with van der Waals surface area (Å²) in [5.74, 6) is 0.555. The van der Waals surface area contributed by atoms with Gasteiger partial charge in [0.2, 0.25) is 0 Å². The van der Waals surface area contributed by atoms with Crippen molar-refractivity contribution in [1.82, 2.24) is 14.7 Å². The molecule has 1 aliphatic heterocycles. The quantitative estimate of drug-likeness (QED) is 0.812. The lowest BCUT2D eigenvalue weighted by atomic mass is 10.1. The van der Waals surface area contributed by atoms with Crippen molar-refractivity contribution in [2.45, 2.75) is 25.2 Å². The first kappa shape index (κ1) is 15.3. The van der Waals surface area contributed by atoms with Crippen LogP contribution in [0.25, 0.3) is 0 Å². The highest BCUT2D eigenvalue weighted by Gasteiger charge is 2.40. The number of sulfone groups is 1. The number of nitrogens with zero attached hydrogens (tertiary/aromatic N) is 3. The van der Waals surface area contributed by atoms with E-state index in [4.69, 9.17) is 4.42 Å². The number of rotatable bonds is 6. The van der Waals surface area contributed by atoms with Crippen molar-refractivity contribution in [3.8, 4) is 0 Å². The summed E-state index contributed by atoms with van der Waals surface area (Å²) < 4.78 is 30.7. The summed E-state index contributed by atoms with van der Waals surface area (Å²) >= 11 is 0. The standard InChI is InChI=1S/C14H19N3O4S/c18-14-11-22(19,20)10-13(14)16(9-12-3-1-8-21-12)6-7-17-5-2-4-15-17/h1-5,8,13-14,18H,6-7,9-11H2. The Balaban J connectivity index is 1.73. The fraction of sp³-hybridized carbons (Fsp3) is 0.500. The van der Waals surface area contributed by atoms with E-state index in [0.717, 1.165) is 5.76 Å². The number of aliphatic hydroxyl groups excluding tert-OH is 1. The van der Waals surface area contributed by atoms with E-state index in [1.165, 1.54) is 0 Å². The molecule has 7 nitrogen and oxygen atoms in total. The van der Waals surface area contributed by atoms with E-state index in [-0.39, 0.29) is 11.5 Å². The molecular weight excluding hydrogens is 306 g/mol. The van der Waals surface area contributed by atoms with Gasteiger partial charge in [-0.15, -0.1) is 0 Å². The number of aliphatic hydroxyl groups is 1. The lowest BCUT2D eigenvalue weighted by molar-refractivity contribution is 0.0705. The van der Waals surface area contributed by atoms with E-state index >= 15 is 0 Å². The second-order valence-corrected chi connectivity index (χ2v) is 7.68. The van der Waals surface area contributed by atoms with Gasteiger partial charge in [-0.1, -0.05) is 0 Å². The van der Waals surface area contributed by atoms with Gasteiger partial charge >= 0.3 is 0 Å². The van der Waals surface area contributed by atoms with Crippen molar-refractivity contribution < 1.29 is 17.9 Å². The van der Waals surface area contributed by atoms with Crippen LogP contribution in [-0.4, -0.2) is 58.4 Å². The molecule has 1 saturated heterocycles. The van der Waals surface area contributed by atoms with Gasteiger partial charge in [0.1, 0.15) is 5.76 Å². The smallest absolute Gasteiger partial charge is 0.154 e. The lowest BCUT2D eigenvalue weighted by Gasteiger charge is -2.29. The molecule has 0 aliphatic carbocycles. The third-order valence-corrected chi connectivity index (χ3v) is 5.58. The monoisotopic (exact) mass is 325 g/mol. The van der Waals surface area contributed by atoms with Gasteiger partial charge in [-0.3, -0.25) is 9.58 Å². The fourth-order valence-electron chi connectivity index (χ4n) is 2.79. The average molecular weight is 325 g/mol. The molecule has 1 fully saturated rings. The molecule has 0 amide bonds. The molecule has 0 bridgehead atoms. The molecule has 1 aliphatic rings. The van der Waals surface area contributed by atoms with Gasteiger partial charge in [0.05, 0.1) is 43.0 Å². The van der Waals surface area contributed by atoms with Gasteiger partial charge in [-0.25, -0.2) is 8.42 Å². The summed E-state index contributed by atoms with van der Waals surface area (Å²) in [6.45, 7) is 1.67. The van der Waals surface area contributed by atoms with Gasteiger partial charge < -0.3 is 9.52 Å². The highest BCUT2D eigenvalue weighted by molar-refractivity contribution is 7.91. The number of hydrogen-bond acceptors (Lipinski definition) is 6. The van der Waals surface area contributed by atoms with Crippen LogP contribution in [0.3, 0.4) is 0 Å². The van der Waals surface area contributed by atoms with Gasteiger partial charge in [0.25, 0.3) is 0 Å². The minimum Gasteiger partial charge on any atom is -0.468 e. The first-order valence-corrected chi connectivity index (χ1v) is 8.98. The van der Waals surface area contributed by atoms with Crippen molar-refractivity contribution >= 4 is 9.84 Å². The van der Waals surface area contributed by atoms with Crippen molar-refractivity contribution in [3.63, 3.8) is 0 Å². The molecule has 2 unspecified atom stereocenters. The molecule has 0 aromatic carbocycles. The minimum absolute atomic E-state index is 0.0199. The Kier molecular flexibility index (Phi) is 4.32. The summed E-state index contributed by atoms with van der Waals surface area (Å²) in [6.07, 6.45) is 4.28. The summed E-state index contributed by atoms with van der Waals surface area (Å²) in [5.41, 5.74) is 0. The molecular formula is C14H19N3O4S. The van der Waals surface area contributed by atoms with Crippen LogP contribution in [0.1, 0.15) is 5.76 Å². The molecule has 1 N–H and O–H groups in total. The highest BCUT2D eigenvalue weighted by Crippen LogP contribution is 2.21. The van der Waals surface area contributed by atoms with Crippen LogP contribution in [0, 0.1) is 0 Å². The van der Waals surface area contributed by atoms with E-state index in [2.05, 4.69) is 5.10 Å². The van der Waals surface area contributed by atoms with Crippen molar-refractivity contribution in [2.24, 2.45) is 0 Å². The molecule has 3 heterocycles. The van der Waals surface area contributed by atoms with E-state index < -0.39 is 22.0 Å². The minimum atomic E-state index is -3.19. The van der Waals surface area contributed by atoms with Crippen LogP contribution < -0.4 is 0 Å². The van der Waals surface area contributed by atoms with E-state index in [0.29, 0.717) is 19.6 Å². The Morgan fingerprint density at radius 1 is 1.41 bits per heavy atom. The highest BCUT2D eigenvalue weighted by atomic mass is 32.2. The van der Waals surface area contributed by atoms with E-state index in [1.54, 1.807) is 23.2 Å². The van der Waals surface area contributed by atoms with Crippen LogP contribution in [0.5, 0.6) is 0 Å². The molecule has 3 rings (SSSR count). The number of furan rings is 1. The van der Waals surface area contributed by atoms with Crippen LogP contribution >= 0.6 is 0 Å². The van der Waals surface area contributed by atoms with Crippen molar-refractivity contribution in [1.29, 1.82) is 0 Å². The Morgan fingerprint density at radius 2 is 2.27 bits per heavy atom. The summed E-state index contributed by atoms with van der Waals surface area (Å²) in [4.78, 5) is 1.95. The molecule has 2 atom stereocenters. The molecule has 2 aromatic heterocycles.